The molecule has 1 saturated carbocycles. The van der Waals surface area contributed by atoms with Crippen molar-refractivity contribution in [3.63, 3.8) is 0 Å². The van der Waals surface area contributed by atoms with Crippen LogP contribution in [0.3, 0.4) is 0 Å². The highest BCUT2D eigenvalue weighted by Crippen LogP contribution is 2.17. The minimum Gasteiger partial charge on any atom is -0.346 e. The molecule has 0 aromatic rings. The van der Waals surface area contributed by atoms with E-state index in [0.717, 1.165) is 12.8 Å². The van der Waals surface area contributed by atoms with E-state index in [4.69, 9.17) is 0 Å². The lowest BCUT2D eigenvalue weighted by molar-refractivity contribution is -0.115. The Labute approximate surface area is 47.1 Å². The molecule has 43 valence electrons. The standard InChI is InChI=1S/C5H6NO2/c7-3-5(8)6-4-1-2-4/h4H,1-2H2,(H,6,8). The van der Waals surface area contributed by atoms with Gasteiger partial charge >= 0.3 is 0 Å². The number of nitrogens with one attached hydrogen (secondary N) is 1. The zero-order valence-corrected chi connectivity index (χ0v) is 4.31. The van der Waals surface area contributed by atoms with Crippen LogP contribution in [0.25, 0.3) is 0 Å². The monoisotopic (exact) mass is 112 g/mol. The predicted octanol–water partition coefficient (Wildman–Crippen LogP) is -0.625. The molecule has 3 nitrogen and oxygen atoms in total. The molecular weight excluding hydrogens is 106 g/mol. The molecule has 8 heavy (non-hydrogen) atoms. The van der Waals surface area contributed by atoms with Gasteiger partial charge < -0.3 is 5.32 Å². The van der Waals surface area contributed by atoms with Gasteiger partial charge in [-0.1, -0.05) is 0 Å². The van der Waals surface area contributed by atoms with Gasteiger partial charge in [0.25, 0.3) is 12.2 Å². The van der Waals surface area contributed by atoms with Crippen LogP contribution < -0.4 is 5.32 Å². The van der Waals surface area contributed by atoms with Crippen molar-refractivity contribution in [3.05, 3.63) is 0 Å². The molecule has 1 aliphatic carbocycles. The van der Waals surface area contributed by atoms with Crippen LogP contribution >= 0.6 is 0 Å². The number of amides is 1. The molecule has 0 saturated heterocycles. The average Bonchev–Trinajstić information content (AvgIpc) is 2.50. The third kappa shape index (κ3) is 1.33. The van der Waals surface area contributed by atoms with E-state index in [0.29, 0.717) is 0 Å². The Kier molecular flexibility index (Phi) is 1.28. The van der Waals surface area contributed by atoms with Crippen molar-refractivity contribution < 1.29 is 9.59 Å². The summed E-state index contributed by atoms with van der Waals surface area (Å²) in [4.78, 5) is 19.7. The van der Waals surface area contributed by atoms with Crippen LogP contribution in [0.2, 0.25) is 0 Å². The molecule has 0 atom stereocenters. The molecule has 1 N–H and O–H groups in total. The van der Waals surface area contributed by atoms with Crippen molar-refractivity contribution >= 4 is 12.2 Å². The molecule has 1 aliphatic rings. The number of rotatable bonds is 2. The summed E-state index contributed by atoms with van der Waals surface area (Å²) in [6.45, 7) is 0. The highest BCUT2D eigenvalue weighted by Gasteiger charge is 2.22. The van der Waals surface area contributed by atoms with E-state index in [1.807, 2.05) is 0 Å². The summed E-state index contributed by atoms with van der Waals surface area (Å²) in [5.41, 5.74) is 0. The fourth-order valence-corrected chi connectivity index (χ4v) is 0.443. The molecular formula is C5H6NO2. The Morgan fingerprint density at radius 3 is 2.62 bits per heavy atom. The lowest BCUT2D eigenvalue weighted by atomic mass is 10.6. The van der Waals surface area contributed by atoms with Gasteiger partial charge in [-0.25, -0.2) is 0 Å². The van der Waals surface area contributed by atoms with Crippen molar-refractivity contribution in [1.29, 1.82) is 0 Å². The summed E-state index contributed by atoms with van der Waals surface area (Å²) in [7, 11) is 0. The van der Waals surface area contributed by atoms with Crippen LogP contribution in [-0.4, -0.2) is 18.2 Å². The highest BCUT2D eigenvalue weighted by atomic mass is 16.2. The summed E-state index contributed by atoms with van der Waals surface area (Å²) in [5.74, 6) is -0.618. The minimum atomic E-state index is -0.618. The van der Waals surface area contributed by atoms with Gasteiger partial charge in [0, 0.05) is 6.04 Å². The lowest BCUT2D eigenvalue weighted by Gasteiger charge is -1.90. The zero-order valence-electron chi connectivity index (χ0n) is 4.31. The van der Waals surface area contributed by atoms with Crippen LogP contribution in [-0.2, 0) is 9.59 Å². The number of hydrogen-bond acceptors (Lipinski definition) is 2. The molecule has 0 spiro atoms. The van der Waals surface area contributed by atoms with Gasteiger partial charge in [0.05, 0.1) is 0 Å². The van der Waals surface area contributed by atoms with E-state index >= 15 is 0 Å². The number of hydrogen-bond donors (Lipinski definition) is 1. The van der Waals surface area contributed by atoms with E-state index in [1.54, 1.807) is 0 Å². The van der Waals surface area contributed by atoms with Crippen molar-refractivity contribution in [1.82, 2.24) is 5.32 Å². The van der Waals surface area contributed by atoms with Gasteiger partial charge in [0.2, 0.25) is 0 Å². The molecule has 0 unspecified atom stereocenters. The largest absolute Gasteiger partial charge is 0.346 e. The van der Waals surface area contributed by atoms with Gasteiger partial charge in [-0.15, -0.1) is 0 Å². The molecule has 0 aromatic heterocycles. The average molecular weight is 112 g/mol. The summed E-state index contributed by atoms with van der Waals surface area (Å²) in [5, 5.41) is 2.44. The number of carbonyl (C=O) groups is 1. The van der Waals surface area contributed by atoms with Crippen LogP contribution in [0.15, 0.2) is 0 Å². The first-order valence-corrected chi connectivity index (χ1v) is 2.51. The Bertz CT molecular complexity index is 118. The second-order valence-electron chi connectivity index (χ2n) is 1.85. The Morgan fingerprint density at radius 1 is 1.62 bits per heavy atom. The van der Waals surface area contributed by atoms with Crippen LogP contribution in [0.4, 0.5) is 0 Å². The van der Waals surface area contributed by atoms with E-state index in [1.165, 1.54) is 6.29 Å². The van der Waals surface area contributed by atoms with Crippen molar-refractivity contribution in [3.8, 4) is 0 Å². The Hall–Kier alpha value is -0.860. The molecule has 0 bridgehead atoms. The van der Waals surface area contributed by atoms with E-state index in [-0.39, 0.29) is 6.04 Å². The molecule has 1 radical (unpaired) electrons. The van der Waals surface area contributed by atoms with Crippen molar-refractivity contribution in [2.75, 3.05) is 0 Å². The third-order valence-electron chi connectivity index (χ3n) is 1.01. The van der Waals surface area contributed by atoms with Gasteiger partial charge in [-0.05, 0) is 12.8 Å². The summed E-state index contributed by atoms with van der Waals surface area (Å²) >= 11 is 0. The topological polar surface area (TPSA) is 46.2 Å². The van der Waals surface area contributed by atoms with Crippen molar-refractivity contribution in [2.24, 2.45) is 0 Å². The lowest BCUT2D eigenvalue weighted by Crippen LogP contribution is -2.25. The highest BCUT2D eigenvalue weighted by molar-refractivity contribution is 6.24. The van der Waals surface area contributed by atoms with E-state index < -0.39 is 5.91 Å². The Balaban J connectivity index is 2.16. The maximum absolute atomic E-state index is 10.1. The quantitative estimate of drug-likeness (QED) is 0.483. The molecule has 0 heterocycles. The molecule has 1 amide bonds. The molecule has 0 aliphatic heterocycles. The third-order valence-corrected chi connectivity index (χ3v) is 1.01. The normalized spacial score (nSPS) is 17.5. The predicted molar refractivity (Wildman–Crippen MR) is 26.9 cm³/mol. The second-order valence-corrected chi connectivity index (χ2v) is 1.85. The van der Waals surface area contributed by atoms with Crippen LogP contribution in [0, 0.1) is 0 Å². The fourth-order valence-electron chi connectivity index (χ4n) is 0.443. The van der Waals surface area contributed by atoms with Gasteiger partial charge in [0.1, 0.15) is 0 Å². The number of carbonyl (C=O) groups excluding carboxylic acids is 2. The minimum absolute atomic E-state index is 0.268. The smallest absolute Gasteiger partial charge is 0.296 e. The maximum Gasteiger partial charge on any atom is 0.296 e. The zero-order chi connectivity index (χ0) is 5.98. The van der Waals surface area contributed by atoms with Gasteiger partial charge in [0.15, 0.2) is 0 Å². The van der Waals surface area contributed by atoms with E-state index in [9.17, 15) is 9.59 Å². The second kappa shape index (κ2) is 1.94. The van der Waals surface area contributed by atoms with Crippen LogP contribution in [0.5, 0.6) is 0 Å². The first-order chi connectivity index (χ1) is 3.83. The van der Waals surface area contributed by atoms with Gasteiger partial charge in [-0.3, -0.25) is 9.59 Å². The first kappa shape index (κ1) is 5.28. The molecule has 0 aromatic carbocycles. The van der Waals surface area contributed by atoms with E-state index in [2.05, 4.69) is 5.32 Å². The molecule has 1 fully saturated rings. The van der Waals surface area contributed by atoms with Gasteiger partial charge in [-0.2, -0.15) is 0 Å². The summed E-state index contributed by atoms with van der Waals surface area (Å²) < 4.78 is 0. The molecule has 3 heteroatoms. The molecule has 1 rings (SSSR count). The summed E-state index contributed by atoms with van der Waals surface area (Å²) in [6, 6.07) is 0.268. The summed E-state index contributed by atoms with van der Waals surface area (Å²) in [6.07, 6.45) is 3.25. The fraction of sp³-hybridized carbons (Fsp3) is 0.600. The Morgan fingerprint density at radius 2 is 2.25 bits per heavy atom. The van der Waals surface area contributed by atoms with Crippen molar-refractivity contribution in [2.45, 2.75) is 18.9 Å². The first-order valence-electron chi connectivity index (χ1n) is 2.51. The SMILES string of the molecule is O=[C]C(=O)NC1CC1. The maximum atomic E-state index is 10.1. The van der Waals surface area contributed by atoms with Crippen LogP contribution in [0.1, 0.15) is 12.8 Å².